The summed E-state index contributed by atoms with van der Waals surface area (Å²) in [6, 6.07) is 2.47. The van der Waals surface area contributed by atoms with Gasteiger partial charge in [0.05, 0.1) is 43.5 Å². The molecular formula is C12H16BrNO5. The van der Waals surface area contributed by atoms with Crippen molar-refractivity contribution in [2.75, 3.05) is 27.4 Å². The first kappa shape index (κ1) is 15.7. The molecule has 1 aromatic carbocycles. The number of benzene rings is 1. The molecule has 19 heavy (non-hydrogen) atoms. The Labute approximate surface area is 119 Å². The van der Waals surface area contributed by atoms with Crippen molar-refractivity contribution >= 4 is 21.8 Å². The van der Waals surface area contributed by atoms with Gasteiger partial charge in [-0.3, -0.25) is 4.79 Å². The summed E-state index contributed by atoms with van der Waals surface area (Å²) in [5, 5.41) is 20.4. The van der Waals surface area contributed by atoms with Gasteiger partial charge in [-0.05, 0) is 28.1 Å². The van der Waals surface area contributed by atoms with E-state index in [1.54, 1.807) is 6.07 Å². The van der Waals surface area contributed by atoms with E-state index >= 15 is 0 Å². The maximum absolute atomic E-state index is 12.1. The summed E-state index contributed by atoms with van der Waals surface area (Å²) in [6.07, 6.45) is 0. The van der Waals surface area contributed by atoms with Gasteiger partial charge in [-0.25, -0.2) is 0 Å². The quantitative estimate of drug-likeness (QED) is 0.707. The summed E-state index contributed by atoms with van der Waals surface area (Å²) < 4.78 is 10.8. The number of methoxy groups -OCH3 is 2. The molecule has 0 aliphatic rings. The number of nitrogens with one attached hydrogen (secondary N) is 1. The Hall–Kier alpha value is -1.31. The van der Waals surface area contributed by atoms with Crippen LogP contribution >= 0.6 is 15.9 Å². The zero-order valence-electron chi connectivity index (χ0n) is 10.6. The highest BCUT2D eigenvalue weighted by atomic mass is 79.9. The first-order valence-corrected chi connectivity index (χ1v) is 6.30. The Kier molecular flexibility index (Phi) is 6.07. The SMILES string of the molecule is COc1cc(Br)c(OC)c(C(=O)NC(CO)CO)c1. The van der Waals surface area contributed by atoms with Gasteiger partial charge >= 0.3 is 0 Å². The van der Waals surface area contributed by atoms with Crippen molar-refractivity contribution in [3.05, 3.63) is 22.2 Å². The summed E-state index contributed by atoms with van der Waals surface area (Å²) in [5.41, 5.74) is 0.251. The maximum atomic E-state index is 12.1. The number of amides is 1. The van der Waals surface area contributed by atoms with Gasteiger partial charge in [0.1, 0.15) is 11.5 Å². The van der Waals surface area contributed by atoms with Crippen molar-refractivity contribution in [2.24, 2.45) is 0 Å². The number of halogens is 1. The van der Waals surface area contributed by atoms with Crippen LogP contribution in [0.25, 0.3) is 0 Å². The van der Waals surface area contributed by atoms with Crippen LogP contribution in [-0.2, 0) is 0 Å². The lowest BCUT2D eigenvalue weighted by molar-refractivity contribution is 0.0876. The molecule has 7 heteroatoms. The van der Waals surface area contributed by atoms with Crippen molar-refractivity contribution in [1.82, 2.24) is 5.32 Å². The molecule has 0 aliphatic heterocycles. The van der Waals surface area contributed by atoms with E-state index in [-0.39, 0.29) is 18.8 Å². The molecule has 0 radical (unpaired) electrons. The molecule has 0 aromatic heterocycles. The van der Waals surface area contributed by atoms with E-state index in [4.69, 9.17) is 19.7 Å². The Balaban J connectivity index is 3.09. The van der Waals surface area contributed by atoms with Crippen LogP contribution in [0.3, 0.4) is 0 Å². The maximum Gasteiger partial charge on any atom is 0.255 e. The Morgan fingerprint density at radius 1 is 1.32 bits per heavy atom. The zero-order valence-corrected chi connectivity index (χ0v) is 12.2. The molecule has 1 rings (SSSR count). The Bertz CT molecular complexity index is 448. The minimum atomic E-state index is -0.720. The fourth-order valence-corrected chi connectivity index (χ4v) is 2.08. The lowest BCUT2D eigenvalue weighted by Gasteiger charge is -2.16. The normalized spacial score (nSPS) is 10.4. The van der Waals surface area contributed by atoms with Crippen molar-refractivity contribution < 1.29 is 24.5 Å². The van der Waals surface area contributed by atoms with Crippen molar-refractivity contribution in [3.63, 3.8) is 0 Å². The number of hydrogen-bond acceptors (Lipinski definition) is 5. The molecule has 0 heterocycles. The first-order chi connectivity index (χ1) is 9.07. The van der Waals surface area contributed by atoms with Crippen molar-refractivity contribution in [1.29, 1.82) is 0 Å². The molecule has 0 saturated heterocycles. The van der Waals surface area contributed by atoms with Crippen molar-refractivity contribution in [3.8, 4) is 11.5 Å². The van der Waals surface area contributed by atoms with Gasteiger partial charge in [0, 0.05) is 0 Å². The molecule has 0 bridgehead atoms. The number of aliphatic hydroxyl groups is 2. The smallest absolute Gasteiger partial charge is 0.255 e. The van der Waals surface area contributed by atoms with Gasteiger partial charge in [0.2, 0.25) is 0 Å². The average Bonchev–Trinajstić information content (AvgIpc) is 2.43. The van der Waals surface area contributed by atoms with E-state index in [9.17, 15) is 4.79 Å². The molecule has 6 nitrogen and oxygen atoms in total. The molecule has 0 spiro atoms. The third kappa shape index (κ3) is 3.82. The van der Waals surface area contributed by atoms with Crippen LogP contribution in [0.4, 0.5) is 0 Å². The number of carbonyl (C=O) groups excluding carboxylic acids is 1. The molecule has 106 valence electrons. The van der Waals surface area contributed by atoms with Gasteiger partial charge in [-0.15, -0.1) is 0 Å². The third-order valence-electron chi connectivity index (χ3n) is 2.48. The van der Waals surface area contributed by atoms with E-state index in [1.807, 2.05) is 0 Å². The largest absolute Gasteiger partial charge is 0.497 e. The predicted octanol–water partition coefficient (Wildman–Crippen LogP) is 0.549. The van der Waals surface area contributed by atoms with Gasteiger partial charge in [0.25, 0.3) is 5.91 Å². The molecule has 1 aromatic rings. The van der Waals surface area contributed by atoms with Gasteiger partial charge in [-0.1, -0.05) is 0 Å². The van der Waals surface area contributed by atoms with Crippen LogP contribution in [0.5, 0.6) is 11.5 Å². The first-order valence-electron chi connectivity index (χ1n) is 5.51. The molecule has 0 aliphatic carbocycles. The number of carbonyl (C=O) groups is 1. The Morgan fingerprint density at radius 3 is 2.42 bits per heavy atom. The fourth-order valence-electron chi connectivity index (χ4n) is 1.47. The summed E-state index contributed by atoms with van der Waals surface area (Å²) in [7, 11) is 2.93. The minimum Gasteiger partial charge on any atom is -0.497 e. The van der Waals surface area contributed by atoms with E-state index in [0.29, 0.717) is 16.0 Å². The fraction of sp³-hybridized carbons (Fsp3) is 0.417. The molecule has 0 fully saturated rings. The van der Waals surface area contributed by atoms with Crippen LogP contribution in [0, 0.1) is 0 Å². The predicted molar refractivity (Wildman–Crippen MR) is 72.7 cm³/mol. The minimum absolute atomic E-state index is 0.251. The van der Waals surface area contributed by atoms with Gasteiger partial charge < -0.3 is 25.0 Å². The monoisotopic (exact) mass is 333 g/mol. The topological polar surface area (TPSA) is 88.0 Å². The van der Waals surface area contributed by atoms with Crippen LogP contribution in [-0.4, -0.2) is 49.6 Å². The number of rotatable bonds is 6. The van der Waals surface area contributed by atoms with Crippen LogP contribution < -0.4 is 14.8 Å². The average molecular weight is 334 g/mol. The highest BCUT2D eigenvalue weighted by Gasteiger charge is 2.19. The molecule has 0 atom stereocenters. The zero-order chi connectivity index (χ0) is 14.4. The number of hydrogen-bond donors (Lipinski definition) is 3. The van der Waals surface area contributed by atoms with Gasteiger partial charge in [0.15, 0.2) is 0 Å². The number of ether oxygens (including phenoxy) is 2. The number of aliphatic hydroxyl groups excluding tert-OH is 2. The van der Waals surface area contributed by atoms with Gasteiger partial charge in [-0.2, -0.15) is 0 Å². The lowest BCUT2D eigenvalue weighted by Crippen LogP contribution is -2.40. The van der Waals surface area contributed by atoms with E-state index in [2.05, 4.69) is 21.2 Å². The molecule has 0 unspecified atom stereocenters. The molecule has 0 saturated carbocycles. The second-order valence-corrected chi connectivity index (χ2v) is 4.58. The van der Waals surface area contributed by atoms with Crippen LogP contribution in [0.15, 0.2) is 16.6 Å². The molecule has 1 amide bonds. The van der Waals surface area contributed by atoms with E-state index < -0.39 is 11.9 Å². The van der Waals surface area contributed by atoms with E-state index in [0.717, 1.165) is 0 Å². The van der Waals surface area contributed by atoms with Crippen LogP contribution in [0.2, 0.25) is 0 Å². The van der Waals surface area contributed by atoms with Crippen molar-refractivity contribution in [2.45, 2.75) is 6.04 Å². The van der Waals surface area contributed by atoms with E-state index in [1.165, 1.54) is 20.3 Å². The molecule has 3 N–H and O–H groups in total. The Morgan fingerprint density at radius 2 is 1.95 bits per heavy atom. The lowest BCUT2D eigenvalue weighted by atomic mass is 10.1. The highest BCUT2D eigenvalue weighted by molar-refractivity contribution is 9.10. The third-order valence-corrected chi connectivity index (χ3v) is 3.07. The summed E-state index contributed by atoms with van der Waals surface area (Å²) >= 11 is 3.28. The second kappa shape index (κ2) is 7.32. The van der Waals surface area contributed by atoms with Crippen LogP contribution in [0.1, 0.15) is 10.4 Å². The highest BCUT2D eigenvalue weighted by Crippen LogP contribution is 2.33. The summed E-state index contributed by atoms with van der Waals surface area (Å²) in [4.78, 5) is 12.1. The molecular weight excluding hydrogens is 318 g/mol. The summed E-state index contributed by atoms with van der Waals surface area (Å²) in [5.74, 6) is 0.375. The standard InChI is InChI=1S/C12H16BrNO5/c1-18-8-3-9(11(19-2)10(13)4-8)12(17)14-7(5-15)6-16/h3-4,7,15-16H,5-6H2,1-2H3,(H,14,17). The second-order valence-electron chi connectivity index (χ2n) is 3.73. The summed E-state index contributed by atoms with van der Waals surface area (Å²) in [6.45, 7) is -0.703.